The first-order chi connectivity index (χ1) is 9.65. The minimum absolute atomic E-state index is 0.0963. The first kappa shape index (κ1) is 16.7. The van der Waals surface area contributed by atoms with Crippen LogP contribution in [0.2, 0.25) is 0 Å². The fourth-order valence-electron chi connectivity index (χ4n) is 1.85. The summed E-state index contributed by atoms with van der Waals surface area (Å²) < 4.78 is 5.08. The maximum Gasteiger partial charge on any atom is 0.412 e. The van der Waals surface area contributed by atoms with Gasteiger partial charge in [0.15, 0.2) is 0 Å². The molecule has 0 radical (unpaired) electrons. The number of carboxylic acids is 1. The SMILES string of the molecule is CCC(C(=O)O)c1cc[nH]c(=O)c1NC(=O)OC(C)(C)C. The minimum atomic E-state index is -1.06. The van der Waals surface area contributed by atoms with Crippen molar-refractivity contribution in [3.63, 3.8) is 0 Å². The Balaban J connectivity index is 3.15. The van der Waals surface area contributed by atoms with E-state index in [-0.39, 0.29) is 11.3 Å². The van der Waals surface area contributed by atoms with Gasteiger partial charge in [-0.1, -0.05) is 6.92 Å². The van der Waals surface area contributed by atoms with Gasteiger partial charge in [-0.25, -0.2) is 4.79 Å². The Kier molecular flexibility index (Phi) is 5.12. The molecular weight excluding hydrogens is 276 g/mol. The molecule has 0 saturated carbocycles. The Bertz CT molecular complexity index is 586. The average molecular weight is 296 g/mol. The molecule has 0 saturated heterocycles. The number of carbonyl (C=O) groups is 2. The second-order valence-corrected chi connectivity index (χ2v) is 5.56. The lowest BCUT2D eigenvalue weighted by Gasteiger charge is -2.21. The highest BCUT2D eigenvalue weighted by atomic mass is 16.6. The molecule has 0 fully saturated rings. The molecule has 0 aliphatic rings. The molecule has 0 aliphatic heterocycles. The molecule has 0 bridgehead atoms. The number of aliphatic carboxylic acids is 1. The fourth-order valence-corrected chi connectivity index (χ4v) is 1.85. The summed E-state index contributed by atoms with van der Waals surface area (Å²) in [7, 11) is 0. The molecule has 0 aliphatic carbocycles. The van der Waals surface area contributed by atoms with Crippen molar-refractivity contribution < 1.29 is 19.4 Å². The van der Waals surface area contributed by atoms with Gasteiger partial charge in [-0.05, 0) is 38.8 Å². The quantitative estimate of drug-likeness (QED) is 0.790. The summed E-state index contributed by atoms with van der Waals surface area (Å²) in [6, 6.07) is 1.47. The van der Waals surface area contributed by atoms with Crippen molar-refractivity contribution in [2.75, 3.05) is 5.32 Å². The molecule has 1 aromatic heterocycles. The highest BCUT2D eigenvalue weighted by molar-refractivity contribution is 5.88. The summed E-state index contributed by atoms with van der Waals surface area (Å²) in [4.78, 5) is 37.3. The molecule has 1 heterocycles. The van der Waals surface area contributed by atoms with Crippen molar-refractivity contribution in [2.45, 2.75) is 45.6 Å². The van der Waals surface area contributed by atoms with Crippen molar-refractivity contribution >= 4 is 17.7 Å². The molecular formula is C14H20N2O5. The van der Waals surface area contributed by atoms with E-state index in [0.717, 1.165) is 0 Å². The smallest absolute Gasteiger partial charge is 0.412 e. The van der Waals surface area contributed by atoms with Crippen LogP contribution in [0, 0.1) is 0 Å². The van der Waals surface area contributed by atoms with Gasteiger partial charge in [0.2, 0.25) is 0 Å². The lowest BCUT2D eigenvalue weighted by Crippen LogP contribution is -2.30. The maximum atomic E-state index is 11.9. The molecule has 1 rings (SSSR count). The number of anilines is 1. The van der Waals surface area contributed by atoms with Crippen LogP contribution in [0.15, 0.2) is 17.1 Å². The molecule has 1 unspecified atom stereocenters. The highest BCUT2D eigenvalue weighted by Crippen LogP contribution is 2.25. The second kappa shape index (κ2) is 6.43. The zero-order valence-electron chi connectivity index (χ0n) is 12.5. The molecule has 116 valence electrons. The number of carbonyl (C=O) groups excluding carboxylic acids is 1. The van der Waals surface area contributed by atoms with Crippen LogP contribution in [-0.2, 0) is 9.53 Å². The van der Waals surface area contributed by atoms with Crippen molar-refractivity contribution in [1.82, 2.24) is 4.98 Å². The van der Waals surface area contributed by atoms with Gasteiger partial charge >= 0.3 is 12.1 Å². The highest BCUT2D eigenvalue weighted by Gasteiger charge is 2.25. The van der Waals surface area contributed by atoms with Gasteiger partial charge in [0, 0.05) is 6.20 Å². The van der Waals surface area contributed by atoms with E-state index in [0.29, 0.717) is 6.42 Å². The third-order valence-corrected chi connectivity index (χ3v) is 2.70. The second-order valence-electron chi connectivity index (χ2n) is 5.56. The van der Waals surface area contributed by atoms with E-state index in [4.69, 9.17) is 4.74 Å². The fraction of sp³-hybridized carbons (Fsp3) is 0.500. The molecule has 21 heavy (non-hydrogen) atoms. The molecule has 1 amide bonds. The number of H-pyrrole nitrogens is 1. The van der Waals surface area contributed by atoms with Gasteiger partial charge < -0.3 is 14.8 Å². The standard InChI is InChI=1S/C14H20N2O5/c1-5-8(12(18)19)9-6-7-15-11(17)10(9)16-13(20)21-14(2,3)4/h6-8H,5H2,1-4H3,(H,15,17)(H,16,20)(H,18,19). The average Bonchev–Trinajstić information content (AvgIpc) is 2.31. The van der Waals surface area contributed by atoms with Crippen LogP contribution < -0.4 is 10.9 Å². The number of aromatic nitrogens is 1. The van der Waals surface area contributed by atoms with Gasteiger partial charge in [-0.3, -0.25) is 14.9 Å². The largest absolute Gasteiger partial charge is 0.481 e. The Morgan fingerprint density at radius 1 is 1.43 bits per heavy atom. The number of pyridine rings is 1. The van der Waals surface area contributed by atoms with E-state index >= 15 is 0 Å². The predicted octanol–water partition coefficient (Wildman–Crippen LogP) is 2.30. The number of rotatable bonds is 4. The normalized spacial score (nSPS) is 12.6. The van der Waals surface area contributed by atoms with Crippen molar-refractivity contribution in [2.24, 2.45) is 0 Å². The van der Waals surface area contributed by atoms with Gasteiger partial charge in [0.05, 0.1) is 5.92 Å². The summed E-state index contributed by atoms with van der Waals surface area (Å²) in [5.41, 5.74) is -1.14. The number of ether oxygens (including phenoxy) is 1. The number of amides is 1. The molecule has 1 aromatic rings. The maximum absolute atomic E-state index is 11.9. The summed E-state index contributed by atoms with van der Waals surface area (Å²) in [5.74, 6) is -1.94. The van der Waals surface area contributed by atoms with Crippen molar-refractivity contribution in [1.29, 1.82) is 0 Å². The van der Waals surface area contributed by atoms with Crippen LogP contribution in [0.4, 0.5) is 10.5 Å². The Labute approximate surface area is 122 Å². The molecule has 1 atom stereocenters. The molecule has 0 spiro atoms. The lowest BCUT2D eigenvalue weighted by molar-refractivity contribution is -0.138. The van der Waals surface area contributed by atoms with Crippen LogP contribution in [0.3, 0.4) is 0 Å². The molecule has 7 nitrogen and oxygen atoms in total. The zero-order valence-corrected chi connectivity index (χ0v) is 12.5. The van der Waals surface area contributed by atoms with E-state index < -0.39 is 29.1 Å². The van der Waals surface area contributed by atoms with E-state index in [1.165, 1.54) is 12.3 Å². The van der Waals surface area contributed by atoms with Crippen molar-refractivity contribution in [3.8, 4) is 0 Å². The van der Waals surface area contributed by atoms with Gasteiger partial charge in [0.1, 0.15) is 11.3 Å². The monoisotopic (exact) mass is 296 g/mol. The summed E-state index contributed by atoms with van der Waals surface area (Å²) in [5, 5.41) is 11.5. The topological polar surface area (TPSA) is 108 Å². The Hall–Kier alpha value is -2.31. The minimum Gasteiger partial charge on any atom is -0.481 e. The van der Waals surface area contributed by atoms with Crippen LogP contribution in [-0.4, -0.2) is 27.8 Å². The van der Waals surface area contributed by atoms with Crippen molar-refractivity contribution in [3.05, 3.63) is 28.2 Å². The number of nitrogens with one attached hydrogen (secondary N) is 2. The third kappa shape index (κ3) is 4.62. The van der Waals surface area contributed by atoms with E-state index in [1.54, 1.807) is 27.7 Å². The van der Waals surface area contributed by atoms with E-state index in [2.05, 4.69) is 10.3 Å². The third-order valence-electron chi connectivity index (χ3n) is 2.70. The van der Waals surface area contributed by atoms with Gasteiger partial charge in [-0.2, -0.15) is 0 Å². The first-order valence-corrected chi connectivity index (χ1v) is 6.60. The first-order valence-electron chi connectivity index (χ1n) is 6.60. The Morgan fingerprint density at radius 2 is 2.05 bits per heavy atom. The lowest BCUT2D eigenvalue weighted by atomic mass is 9.96. The van der Waals surface area contributed by atoms with E-state index in [9.17, 15) is 19.5 Å². The van der Waals surface area contributed by atoms with Gasteiger partial charge in [0.25, 0.3) is 5.56 Å². The van der Waals surface area contributed by atoms with E-state index in [1.807, 2.05) is 0 Å². The number of aromatic amines is 1. The molecule has 0 aromatic carbocycles. The van der Waals surface area contributed by atoms with Crippen LogP contribution in [0.25, 0.3) is 0 Å². The van der Waals surface area contributed by atoms with Crippen LogP contribution in [0.1, 0.15) is 45.6 Å². The Morgan fingerprint density at radius 3 is 2.52 bits per heavy atom. The predicted molar refractivity (Wildman–Crippen MR) is 77.6 cm³/mol. The van der Waals surface area contributed by atoms with Crippen LogP contribution in [0.5, 0.6) is 0 Å². The zero-order chi connectivity index (χ0) is 16.2. The number of hydrogen-bond donors (Lipinski definition) is 3. The van der Waals surface area contributed by atoms with Gasteiger partial charge in [-0.15, -0.1) is 0 Å². The summed E-state index contributed by atoms with van der Waals surface area (Å²) in [6.45, 7) is 6.76. The summed E-state index contributed by atoms with van der Waals surface area (Å²) in [6.07, 6.45) is 0.839. The summed E-state index contributed by atoms with van der Waals surface area (Å²) >= 11 is 0. The molecule has 7 heteroatoms. The number of carboxylic acid groups (broad SMARTS) is 1. The number of hydrogen-bond acceptors (Lipinski definition) is 4. The van der Waals surface area contributed by atoms with Crippen LogP contribution >= 0.6 is 0 Å². The molecule has 3 N–H and O–H groups in total.